The average Bonchev–Trinajstić information content (AvgIpc) is 2.49. The highest BCUT2D eigenvalue weighted by Gasteiger charge is 2.06. The summed E-state index contributed by atoms with van der Waals surface area (Å²) in [5.41, 5.74) is 4.99. The number of methoxy groups -OCH3 is 1. The predicted octanol–water partition coefficient (Wildman–Crippen LogP) is 4.32. The van der Waals surface area contributed by atoms with Crippen LogP contribution in [-0.2, 0) is 6.54 Å². The van der Waals surface area contributed by atoms with Crippen molar-refractivity contribution in [3.8, 4) is 11.5 Å². The van der Waals surface area contributed by atoms with E-state index in [1.165, 1.54) is 16.7 Å². The molecule has 0 saturated heterocycles. The van der Waals surface area contributed by atoms with Gasteiger partial charge in [0.2, 0.25) is 0 Å². The minimum atomic E-state index is 0.622. The Morgan fingerprint density at radius 3 is 2.57 bits per heavy atom. The molecule has 0 aliphatic carbocycles. The lowest BCUT2D eigenvalue weighted by molar-refractivity contribution is 0.311. The zero-order valence-corrected chi connectivity index (χ0v) is 13.2. The van der Waals surface area contributed by atoms with Gasteiger partial charge < -0.3 is 14.8 Å². The molecule has 0 unspecified atom stereocenters. The molecule has 0 aliphatic heterocycles. The van der Waals surface area contributed by atoms with Crippen molar-refractivity contribution in [3.63, 3.8) is 0 Å². The fourth-order valence-electron chi connectivity index (χ4n) is 2.26. The first kappa shape index (κ1) is 15.2. The Labute approximate surface area is 126 Å². The first-order valence-electron chi connectivity index (χ1n) is 7.25. The van der Waals surface area contributed by atoms with Crippen molar-refractivity contribution >= 4 is 5.69 Å². The van der Waals surface area contributed by atoms with Crippen molar-refractivity contribution in [1.82, 2.24) is 0 Å². The Hall–Kier alpha value is -2.16. The minimum Gasteiger partial charge on any atom is -0.493 e. The summed E-state index contributed by atoms with van der Waals surface area (Å²) >= 11 is 0. The molecule has 2 aromatic rings. The number of hydrogen-bond donors (Lipinski definition) is 1. The molecule has 0 aromatic heterocycles. The maximum absolute atomic E-state index is 5.60. The van der Waals surface area contributed by atoms with Crippen molar-refractivity contribution < 1.29 is 9.47 Å². The number of benzene rings is 2. The second-order valence-corrected chi connectivity index (χ2v) is 5.01. The van der Waals surface area contributed by atoms with Crippen LogP contribution in [0.3, 0.4) is 0 Å². The molecule has 2 aromatic carbocycles. The summed E-state index contributed by atoms with van der Waals surface area (Å²) < 4.78 is 10.9. The molecule has 3 nitrogen and oxygen atoms in total. The highest BCUT2D eigenvalue weighted by Crippen LogP contribution is 2.30. The lowest BCUT2D eigenvalue weighted by Crippen LogP contribution is -2.03. The molecule has 0 saturated carbocycles. The maximum Gasteiger partial charge on any atom is 0.163 e. The molecule has 0 bridgehead atoms. The molecule has 21 heavy (non-hydrogen) atoms. The summed E-state index contributed by atoms with van der Waals surface area (Å²) in [6.45, 7) is 7.68. The number of hydrogen-bond acceptors (Lipinski definition) is 3. The van der Waals surface area contributed by atoms with Gasteiger partial charge in [-0.15, -0.1) is 0 Å². The van der Waals surface area contributed by atoms with E-state index in [0.29, 0.717) is 6.61 Å². The predicted molar refractivity (Wildman–Crippen MR) is 87.4 cm³/mol. The van der Waals surface area contributed by atoms with Gasteiger partial charge in [0, 0.05) is 18.3 Å². The Kier molecular flexibility index (Phi) is 5.09. The SMILES string of the molecule is CCOc1cc(NCc2cccc(C)c2C)ccc1OC. The molecule has 0 spiro atoms. The molecule has 0 amide bonds. The molecule has 112 valence electrons. The molecule has 0 atom stereocenters. The molecule has 0 fully saturated rings. The van der Waals surface area contributed by atoms with Crippen LogP contribution < -0.4 is 14.8 Å². The number of aryl methyl sites for hydroxylation is 1. The lowest BCUT2D eigenvalue weighted by Gasteiger charge is -2.14. The first-order chi connectivity index (χ1) is 10.2. The summed E-state index contributed by atoms with van der Waals surface area (Å²) in [7, 11) is 1.65. The van der Waals surface area contributed by atoms with E-state index in [-0.39, 0.29) is 0 Å². The highest BCUT2D eigenvalue weighted by molar-refractivity contribution is 5.55. The Balaban J connectivity index is 2.13. The molecule has 0 aliphatic rings. The van der Waals surface area contributed by atoms with Crippen LogP contribution in [0.25, 0.3) is 0 Å². The van der Waals surface area contributed by atoms with E-state index in [4.69, 9.17) is 9.47 Å². The Morgan fingerprint density at radius 2 is 1.86 bits per heavy atom. The molecule has 2 rings (SSSR count). The average molecular weight is 285 g/mol. The second kappa shape index (κ2) is 7.02. The third kappa shape index (κ3) is 3.69. The molecular weight excluding hydrogens is 262 g/mol. The van der Waals surface area contributed by atoms with Crippen LogP contribution in [0, 0.1) is 13.8 Å². The van der Waals surface area contributed by atoms with Crippen molar-refractivity contribution in [2.45, 2.75) is 27.3 Å². The van der Waals surface area contributed by atoms with E-state index in [2.05, 4.69) is 37.4 Å². The monoisotopic (exact) mass is 285 g/mol. The second-order valence-electron chi connectivity index (χ2n) is 5.01. The van der Waals surface area contributed by atoms with Crippen LogP contribution in [0.4, 0.5) is 5.69 Å². The van der Waals surface area contributed by atoms with Crippen molar-refractivity contribution in [1.29, 1.82) is 0 Å². The summed E-state index contributed by atoms with van der Waals surface area (Å²) in [5, 5.41) is 3.44. The lowest BCUT2D eigenvalue weighted by atomic mass is 10.0. The molecule has 3 heteroatoms. The van der Waals surface area contributed by atoms with Gasteiger partial charge in [-0.1, -0.05) is 18.2 Å². The molecule has 0 radical (unpaired) electrons. The van der Waals surface area contributed by atoms with Gasteiger partial charge in [0.05, 0.1) is 13.7 Å². The number of ether oxygens (including phenoxy) is 2. The van der Waals surface area contributed by atoms with Crippen molar-refractivity contribution in [2.24, 2.45) is 0 Å². The third-order valence-corrected chi connectivity index (χ3v) is 3.66. The van der Waals surface area contributed by atoms with Gasteiger partial charge >= 0.3 is 0 Å². The van der Waals surface area contributed by atoms with Crippen LogP contribution in [0.15, 0.2) is 36.4 Å². The van der Waals surface area contributed by atoms with Crippen LogP contribution in [0.1, 0.15) is 23.6 Å². The number of nitrogens with one attached hydrogen (secondary N) is 1. The normalized spacial score (nSPS) is 10.3. The van der Waals surface area contributed by atoms with Crippen LogP contribution in [0.2, 0.25) is 0 Å². The van der Waals surface area contributed by atoms with E-state index in [9.17, 15) is 0 Å². The molecular formula is C18H23NO2. The standard InChI is InChI=1S/C18H23NO2/c1-5-21-18-11-16(9-10-17(18)20-4)19-12-15-8-6-7-13(2)14(15)3/h6-11,19H,5,12H2,1-4H3. The third-order valence-electron chi connectivity index (χ3n) is 3.66. The Morgan fingerprint density at radius 1 is 1.05 bits per heavy atom. The number of rotatable bonds is 6. The summed E-state index contributed by atoms with van der Waals surface area (Å²) in [6, 6.07) is 12.3. The van der Waals surface area contributed by atoms with E-state index in [1.54, 1.807) is 7.11 Å². The van der Waals surface area contributed by atoms with E-state index in [0.717, 1.165) is 23.7 Å². The maximum atomic E-state index is 5.60. The Bertz CT molecular complexity index is 608. The molecule has 0 heterocycles. The summed E-state index contributed by atoms with van der Waals surface area (Å²) in [6.07, 6.45) is 0. The topological polar surface area (TPSA) is 30.5 Å². The zero-order valence-electron chi connectivity index (χ0n) is 13.2. The van der Waals surface area contributed by atoms with Gasteiger partial charge in [-0.25, -0.2) is 0 Å². The summed E-state index contributed by atoms with van der Waals surface area (Å²) in [4.78, 5) is 0. The zero-order chi connectivity index (χ0) is 15.2. The highest BCUT2D eigenvalue weighted by atomic mass is 16.5. The first-order valence-corrected chi connectivity index (χ1v) is 7.25. The molecule has 1 N–H and O–H groups in total. The van der Waals surface area contributed by atoms with Crippen LogP contribution >= 0.6 is 0 Å². The van der Waals surface area contributed by atoms with E-state index in [1.807, 2.05) is 25.1 Å². The van der Waals surface area contributed by atoms with Gasteiger partial charge in [-0.05, 0) is 49.6 Å². The fourth-order valence-corrected chi connectivity index (χ4v) is 2.26. The van der Waals surface area contributed by atoms with Gasteiger partial charge in [0.25, 0.3) is 0 Å². The fraction of sp³-hybridized carbons (Fsp3) is 0.333. The largest absolute Gasteiger partial charge is 0.493 e. The van der Waals surface area contributed by atoms with Crippen molar-refractivity contribution in [2.75, 3.05) is 19.0 Å². The van der Waals surface area contributed by atoms with Gasteiger partial charge in [0.15, 0.2) is 11.5 Å². The summed E-state index contributed by atoms with van der Waals surface area (Å²) in [5.74, 6) is 1.53. The minimum absolute atomic E-state index is 0.622. The number of anilines is 1. The van der Waals surface area contributed by atoms with Crippen molar-refractivity contribution in [3.05, 3.63) is 53.1 Å². The smallest absolute Gasteiger partial charge is 0.163 e. The van der Waals surface area contributed by atoms with E-state index < -0.39 is 0 Å². The quantitative estimate of drug-likeness (QED) is 0.857. The van der Waals surface area contributed by atoms with Crippen LogP contribution in [-0.4, -0.2) is 13.7 Å². The van der Waals surface area contributed by atoms with Gasteiger partial charge in [0.1, 0.15) is 0 Å². The van der Waals surface area contributed by atoms with E-state index >= 15 is 0 Å². The van der Waals surface area contributed by atoms with Gasteiger partial charge in [-0.2, -0.15) is 0 Å². The van der Waals surface area contributed by atoms with Gasteiger partial charge in [-0.3, -0.25) is 0 Å². The van der Waals surface area contributed by atoms with Crippen LogP contribution in [0.5, 0.6) is 11.5 Å².